The molecule has 0 heterocycles. The third-order valence-electron chi connectivity index (χ3n) is 3.63. The molecule has 0 aromatic heterocycles. The lowest BCUT2D eigenvalue weighted by atomic mass is 10.1. The maximum atomic E-state index is 11.5. The monoisotopic (exact) mass is 225 g/mol. The van der Waals surface area contributed by atoms with Gasteiger partial charge in [-0.25, -0.2) is 0 Å². The first-order valence-corrected chi connectivity index (χ1v) is 6.54. The van der Waals surface area contributed by atoms with Gasteiger partial charge in [0.15, 0.2) is 0 Å². The Morgan fingerprint density at radius 2 is 2.19 bits per heavy atom. The highest BCUT2D eigenvalue weighted by Gasteiger charge is 2.25. The van der Waals surface area contributed by atoms with Crippen molar-refractivity contribution in [3.05, 3.63) is 0 Å². The molecule has 0 aromatic rings. The van der Waals surface area contributed by atoms with E-state index in [0.29, 0.717) is 11.7 Å². The molecule has 2 aliphatic rings. The van der Waals surface area contributed by atoms with Crippen molar-refractivity contribution in [1.82, 2.24) is 4.90 Å². The molecule has 0 saturated heterocycles. The second-order valence-electron chi connectivity index (χ2n) is 5.34. The minimum atomic E-state index is 0.299. The molecule has 0 bridgehead atoms. The lowest BCUT2D eigenvalue weighted by Gasteiger charge is -2.19. The number of hydrogen-bond acceptors (Lipinski definition) is 3. The van der Waals surface area contributed by atoms with Gasteiger partial charge in [-0.1, -0.05) is 0 Å². The first-order chi connectivity index (χ1) is 7.75. The molecule has 2 aliphatic carbocycles. The number of Topliss-reactive ketones (excluding diaryl/α,β-unsaturated/α-hetero) is 1. The summed E-state index contributed by atoms with van der Waals surface area (Å²) in [5.74, 6) is 1.61. The smallest absolute Gasteiger partial charge is 0.137 e. The van der Waals surface area contributed by atoms with Gasteiger partial charge in [0.1, 0.15) is 5.78 Å². The molecule has 0 aromatic carbocycles. The molecule has 16 heavy (non-hydrogen) atoms. The highest BCUT2D eigenvalue weighted by molar-refractivity contribution is 5.83. The number of ether oxygens (including phenoxy) is 1. The summed E-state index contributed by atoms with van der Waals surface area (Å²) >= 11 is 0. The van der Waals surface area contributed by atoms with Gasteiger partial charge < -0.3 is 9.64 Å². The fourth-order valence-electron chi connectivity index (χ4n) is 2.30. The number of carbonyl (C=O) groups excluding carboxylic acids is 1. The Bertz CT molecular complexity index is 238. The van der Waals surface area contributed by atoms with Crippen LogP contribution < -0.4 is 0 Å². The fourth-order valence-corrected chi connectivity index (χ4v) is 2.30. The van der Waals surface area contributed by atoms with Crippen LogP contribution >= 0.6 is 0 Å². The van der Waals surface area contributed by atoms with Gasteiger partial charge in [-0.15, -0.1) is 0 Å². The average molecular weight is 225 g/mol. The summed E-state index contributed by atoms with van der Waals surface area (Å²) in [6.07, 6.45) is 5.69. The topological polar surface area (TPSA) is 29.5 Å². The Labute approximate surface area is 98.1 Å². The second-order valence-corrected chi connectivity index (χ2v) is 5.34. The van der Waals surface area contributed by atoms with E-state index in [1.807, 2.05) is 0 Å². The van der Waals surface area contributed by atoms with E-state index in [1.54, 1.807) is 0 Å². The zero-order chi connectivity index (χ0) is 11.4. The summed E-state index contributed by atoms with van der Waals surface area (Å²) < 4.78 is 5.59. The lowest BCUT2D eigenvalue weighted by molar-refractivity contribution is -0.121. The van der Waals surface area contributed by atoms with Crippen LogP contribution in [0.2, 0.25) is 0 Å². The summed E-state index contributed by atoms with van der Waals surface area (Å²) in [6, 6.07) is 0. The Morgan fingerprint density at radius 1 is 1.38 bits per heavy atom. The summed E-state index contributed by atoms with van der Waals surface area (Å²) in [7, 11) is 2.09. The van der Waals surface area contributed by atoms with Crippen molar-refractivity contribution < 1.29 is 9.53 Å². The van der Waals surface area contributed by atoms with Gasteiger partial charge in [-0.05, 0) is 38.6 Å². The number of likely N-dealkylation sites (N-methyl/N-ethyl adjacent to an activating group) is 1. The molecule has 2 fully saturated rings. The summed E-state index contributed by atoms with van der Waals surface area (Å²) in [6.45, 7) is 3.63. The summed E-state index contributed by atoms with van der Waals surface area (Å²) in [5.41, 5.74) is 0. The highest BCUT2D eigenvalue weighted by Crippen LogP contribution is 2.28. The van der Waals surface area contributed by atoms with Gasteiger partial charge in [-0.2, -0.15) is 0 Å². The minimum absolute atomic E-state index is 0.299. The van der Waals surface area contributed by atoms with Gasteiger partial charge in [0.2, 0.25) is 0 Å². The molecule has 3 nitrogen and oxygen atoms in total. The standard InChI is InChI=1S/C13H23NO2/c1-14(7-8-16-10-11-5-6-11)9-12-3-2-4-13(12)15/h11-12H,2-10H2,1H3. The van der Waals surface area contributed by atoms with E-state index in [0.717, 1.165) is 51.5 Å². The highest BCUT2D eigenvalue weighted by atomic mass is 16.5. The third kappa shape index (κ3) is 3.87. The van der Waals surface area contributed by atoms with Gasteiger partial charge in [0.05, 0.1) is 6.61 Å². The van der Waals surface area contributed by atoms with Crippen molar-refractivity contribution in [3.63, 3.8) is 0 Å². The SMILES string of the molecule is CN(CCOCC1CC1)CC1CCCC1=O. The van der Waals surface area contributed by atoms with E-state index in [-0.39, 0.29) is 0 Å². The van der Waals surface area contributed by atoms with Crippen LogP contribution in [-0.4, -0.2) is 44.0 Å². The molecule has 0 spiro atoms. The molecule has 92 valence electrons. The predicted molar refractivity (Wildman–Crippen MR) is 63.4 cm³/mol. The van der Waals surface area contributed by atoms with Crippen molar-refractivity contribution in [3.8, 4) is 0 Å². The van der Waals surface area contributed by atoms with E-state index >= 15 is 0 Å². The number of hydrogen-bond donors (Lipinski definition) is 0. The zero-order valence-electron chi connectivity index (χ0n) is 10.3. The van der Waals surface area contributed by atoms with Gasteiger partial charge in [-0.3, -0.25) is 4.79 Å². The first-order valence-electron chi connectivity index (χ1n) is 6.54. The molecular weight excluding hydrogens is 202 g/mol. The van der Waals surface area contributed by atoms with Gasteiger partial charge >= 0.3 is 0 Å². The number of nitrogens with zero attached hydrogens (tertiary/aromatic N) is 1. The number of carbonyl (C=O) groups is 1. The number of rotatable bonds is 7. The van der Waals surface area contributed by atoms with Crippen molar-refractivity contribution >= 4 is 5.78 Å². The Balaban J connectivity index is 1.52. The average Bonchev–Trinajstić information content (AvgIpc) is 3.00. The van der Waals surface area contributed by atoms with Crippen LogP contribution in [0.25, 0.3) is 0 Å². The molecule has 0 aliphatic heterocycles. The molecule has 2 saturated carbocycles. The van der Waals surface area contributed by atoms with Crippen molar-refractivity contribution in [2.45, 2.75) is 32.1 Å². The Kier molecular flexibility index (Phi) is 4.36. The first kappa shape index (κ1) is 12.1. The lowest BCUT2D eigenvalue weighted by Crippen LogP contribution is -2.30. The van der Waals surface area contributed by atoms with Crippen molar-refractivity contribution in [2.24, 2.45) is 11.8 Å². The van der Waals surface area contributed by atoms with Crippen LogP contribution in [0.3, 0.4) is 0 Å². The Hall–Kier alpha value is -0.410. The molecular formula is C13H23NO2. The van der Waals surface area contributed by atoms with Crippen LogP contribution in [0, 0.1) is 11.8 Å². The fraction of sp³-hybridized carbons (Fsp3) is 0.923. The van der Waals surface area contributed by atoms with E-state index < -0.39 is 0 Å². The summed E-state index contributed by atoms with van der Waals surface area (Å²) in [4.78, 5) is 13.7. The molecule has 0 N–H and O–H groups in total. The van der Waals surface area contributed by atoms with Gasteiger partial charge in [0.25, 0.3) is 0 Å². The van der Waals surface area contributed by atoms with Crippen molar-refractivity contribution in [1.29, 1.82) is 0 Å². The maximum Gasteiger partial charge on any atom is 0.137 e. The van der Waals surface area contributed by atoms with Crippen LogP contribution in [-0.2, 0) is 9.53 Å². The largest absolute Gasteiger partial charge is 0.380 e. The second kappa shape index (κ2) is 5.78. The van der Waals surface area contributed by atoms with E-state index in [1.165, 1.54) is 12.8 Å². The van der Waals surface area contributed by atoms with Crippen LogP contribution in [0.5, 0.6) is 0 Å². The normalized spacial score (nSPS) is 25.6. The Morgan fingerprint density at radius 3 is 2.81 bits per heavy atom. The predicted octanol–water partition coefficient (Wildman–Crippen LogP) is 1.71. The molecule has 0 amide bonds. The van der Waals surface area contributed by atoms with Crippen LogP contribution in [0.1, 0.15) is 32.1 Å². The van der Waals surface area contributed by atoms with Crippen LogP contribution in [0.4, 0.5) is 0 Å². The zero-order valence-corrected chi connectivity index (χ0v) is 10.3. The molecule has 2 rings (SSSR count). The van der Waals surface area contributed by atoms with E-state index in [9.17, 15) is 4.79 Å². The van der Waals surface area contributed by atoms with Crippen molar-refractivity contribution in [2.75, 3.05) is 33.4 Å². The molecule has 1 unspecified atom stereocenters. The van der Waals surface area contributed by atoms with E-state index in [2.05, 4.69) is 11.9 Å². The number of ketones is 1. The van der Waals surface area contributed by atoms with Crippen LogP contribution in [0.15, 0.2) is 0 Å². The summed E-state index contributed by atoms with van der Waals surface area (Å²) in [5, 5.41) is 0. The van der Waals surface area contributed by atoms with Gasteiger partial charge in [0, 0.05) is 32.0 Å². The maximum absolute atomic E-state index is 11.5. The minimum Gasteiger partial charge on any atom is -0.380 e. The molecule has 1 atom stereocenters. The van der Waals surface area contributed by atoms with E-state index in [4.69, 9.17) is 4.74 Å². The molecule has 3 heteroatoms. The molecule has 0 radical (unpaired) electrons. The third-order valence-corrected chi connectivity index (χ3v) is 3.63. The quantitative estimate of drug-likeness (QED) is 0.618.